The topological polar surface area (TPSA) is 133 Å². The van der Waals surface area contributed by atoms with E-state index in [1.54, 1.807) is 0 Å². The van der Waals surface area contributed by atoms with Gasteiger partial charge < -0.3 is 25.4 Å². The number of hydrogen-bond acceptors (Lipinski definition) is 7. The first-order chi connectivity index (χ1) is 16.3. The molecule has 1 aliphatic rings. The fourth-order valence-corrected chi connectivity index (χ4v) is 4.21. The normalized spacial score (nSPS) is 22.5. The summed E-state index contributed by atoms with van der Waals surface area (Å²) in [5, 5.41) is 29.1. The van der Waals surface area contributed by atoms with Gasteiger partial charge in [-0.1, -0.05) is 41.1 Å². The quantitative estimate of drug-likeness (QED) is 0.444. The molecule has 10 heteroatoms. The van der Waals surface area contributed by atoms with Crippen molar-refractivity contribution < 1.29 is 24.5 Å². The summed E-state index contributed by atoms with van der Waals surface area (Å²) < 4.78 is 13.0. The van der Waals surface area contributed by atoms with Gasteiger partial charge in [-0.05, 0) is 48.2 Å². The Kier molecular flexibility index (Phi) is 7.47. The molecule has 0 aliphatic carbocycles. The molecule has 2 aromatic carbocycles. The van der Waals surface area contributed by atoms with E-state index in [9.17, 15) is 15.0 Å². The highest BCUT2D eigenvalue weighted by Gasteiger charge is 2.38. The lowest BCUT2D eigenvalue weighted by molar-refractivity contribution is -0.175. The molecule has 4 N–H and O–H groups in total. The summed E-state index contributed by atoms with van der Waals surface area (Å²) in [5.41, 5.74) is 8.08. The Hall–Kier alpha value is -2.98. The molecule has 9 nitrogen and oxygen atoms in total. The molecule has 1 amide bonds. The minimum absolute atomic E-state index is 0.0130. The summed E-state index contributed by atoms with van der Waals surface area (Å²) in [6.07, 6.45) is -1.10. The van der Waals surface area contributed by atoms with Gasteiger partial charge in [0.05, 0.1) is 31.6 Å². The number of halogens is 1. The first-order valence-electron chi connectivity index (χ1n) is 11.1. The summed E-state index contributed by atoms with van der Waals surface area (Å²) >= 11 is 6.47. The van der Waals surface area contributed by atoms with Gasteiger partial charge >= 0.3 is 0 Å². The molecule has 3 aromatic rings. The van der Waals surface area contributed by atoms with Crippen LogP contribution in [0.4, 0.5) is 0 Å². The molecule has 0 radical (unpaired) electrons. The van der Waals surface area contributed by atoms with Gasteiger partial charge in [0.2, 0.25) is 0 Å². The van der Waals surface area contributed by atoms with Crippen molar-refractivity contribution in [3.05, 3.63) is 76.1 Å². The second kappa shape index (κ2) is 10.5. The standard InChI is InChI=1S/C24H27ClN4O5/c1-2-33-17-6-3-14(4-7-17)9-16-10-15(5-8-18(16)25)21-11-20(30)23(31)22(34-21)13-29-12-19(24(26)32)27-28-29/h3-8,10,12,20-23,30-31H,2,9,11,13H2,1H3,(H2,26,32)/t20-,21-,22-,23+/m1/s1. The van der Waals surface area contributed by atoms with E-state index in [1.165, 1.54) is 10.9 Å². The van der Waals surface area contributed by atoms with Crippen LogP contribution < -0.4 is 10.5 Å². The summed E-state index contributed by atoms with van der Waals surface area (Å²) in [4.78, 5) is 11.3. The molecular formula is C24H27ClN4O5. The number of ether oxygens (including phenoxy) is 2. The van der Waals surface area contributed by atoms with Crippen molar-refractivity contribution in [3.63, 3.8) is 0 Å². The van der Waals surface area contributed by atoms with E-state index < -0.39 is 30.3 Å². The number of amides is 1. The molecule has 34 heavy (non-hydrogen) atoms. The minimum atomic E-state index is -1.12. The molecule has 0 unspecified atom stereocenters. The third kappa shape index (κ3) is 5.56. The van der Waals surface area contributed by atoms with Crippen LogP contribution in [0, 0.1) is 0 Å². The Morgan fingerprint density at radius 1 is 1.26 bits per heavy atom. The average molecular weight is 487 g/mol. The van der Waals surface area contributed by atoms with E-state index in [2.05, 4.69) is 10.3 Å². The van der Waals surface area contributed by atoms with Gasteiger partial charge in [-0.15, -0.1) is 5.10 Å². The highest BCUT2D eigenvalue weighted by molar-refractivity contribution is 6.31. The van der Waals surface area contributed by atoms with E-state index in [4.69, 9.17) is 26.8 Å². The van der Waals surface area contributed by atoms with Crippen molar-refractivity contribution in [2.45, 2.75) is 50.7 Å². The number of nitrogens with two attached hydrogens (primary N) is 1. The van der Waals surface area contributed by atoms with E-state index in [1.807, 2.05) is 49.4 Å². The highest BCUT2D eigenvalue weighted by atomic mass is 35.5. The summed E-state index contributed by atoms with van der Waals surface area (Å²) in [7, 11) is 0. The number of primary amides is 1. The van der Waals surface area contributed by atoms with E-state index in [0.717, 1.165) is 22.4 Å². The summed E-state index contributed by atoms with van der Waals surface area (Å²) in [6, 6.07) is 13.5. The smallest absolute Gasteiger partial charge is 0.270 e. The molecule has 1 aliphatic heterocycles. The van der Waals surface area contributed by atoms with Crippen LogP contribution in [-0.2, 0) is 17.7 Å². The average Bonchev–Trinajstić information content (AvgIpc) is 3.29. The predicted octanol–water partition coefficient (Wildman–Crippen LogP) is 2.27. The Morgan fingerprint density at radius 3 is 2.71 bits per heavy atom. The van der Waals surface area contributed by atoms with Crippen molar-refractivity contribution in [1.29, 1.82) is 0 Å². The van der Waals surface area contributed by atoms with Crippen LogP contribution in [0.15, 0.2) is 48.7 Å². The number of carbonyl (C=O) groups excluding carboxylic acids is 1. The zero-order valence-electron chi connectivity index (χ0n) is 18.7. The second-order valence-corrected chi connectivity index (χ2v) is 8.66. The van der Waals surface area contributed by atoms with Crippen LogP contribution in [0.3, 0.4) is 0 Å². The van der Waals surface area contributed by atoms with Gasteiger partial charge in [0, 0.05) is 11.4 Å². The summed E-state index contributed by atoms with van der Waals surface area (Å²) in [6.45, 7) is 2.65. The van der Waals surface area contributed by atoms with Gasteiger partial charge in [0.1, 0.15) is 18.0 Å². The van der Waals surface area contributed by atoms with Crippen LogP contribution in [-0.4, -0.2) is 56.0 Å². The van der Waals surface area contributed by atoms with Crippen molar-refractivity contribution in [2.24, 2.45) is 5.73 Å². The van der Waals surface area contributed by atoms with Gasteiger partial charge in [0.25, 0.3) is 5.91 Å². The number of hydrogen-bond donors (Lipinski definition) is 3. The number of aliphatic hydroxyl groups is 2. The zero-order valence-corrected chi connectivity index (χ0v) is 19.4. The van der Waals surface area contributed by atoms with Gasteiger partial charge in [-0.25, -0.2) is 4.68 Å². The number of aromatic nitrogens is 3. The first-order valence-corrected chi connectivity index (χ1v) is 11.4. The maximum atomic E-state index is 11.3. The molecule has 1 aromatic heterocycles. The van der Waals surface area contributed by atoms with Gasteiger partial charge in [-0.3, -0.25) is 4.79 Å². The van der Waals surface area contributed by atoms with E-state index >= 15 is 0 Å². The molecule has 0 saturated carbocycles. The van der Waals surface area contributed by atoms with Crippen molar-refractivity contribution in [1.82, 2.24) is 15.0 Å². The fourth-order valence-electron chi connectivity index (χ4n) is 4.02. The Balaban J connectivity index is 1.50. The maximum absolute atomic E-state index is 11.3. The van der Waals surface area contributed by atoms with Crippen molar-refractivity contribution in [3.8, 4) is 5.75 Å². The molecule has 1 fully saturated rings. The number of aliphatic hydroxyl groups excluding tert-OH is 2. The number of nitrogens with zero attached hydrogens (tertiary/aromatic N) is 3. The molecular weight excluding hydrogens is 460 g/mol. The van der Waals surface area contributed by atoms with Crippen molar-refractivity contribution in [2.75, 3.05) is 6.61 Å². The van der Waals surface area contributed by atoms with E-state index in [-0.39, 0.29) is 18.7 Å². The monoisotopic (exact) mass is 486 g/mol. The Morgan fingerprint density at radius 2 is 2.03 bits per heavy atom. The predicted molar refractivity (Wildman–Crippen MR) is 125 cm³/mol. The molecule has 2 heterocycles. The van der Waals surface area contributed by atoms with Crippen LogP contribution in [0.5, 0.6) is 5.75 Å². The minimum Gasteiger partial charge on any atom is -0.494 e. The number of rotatable bonds is 8. The largest absolute Gasteiger partial charge is 0.494 e. The molecule has 4 rings (SSSR count). The third-order valence-corrected chi connectivity index (χ3v) is 6.17. The van der Waals surface area contributed by atoms with E-state index in [0.29, 0.717) is 18.1 Å². The lowest BCUT2D eigenvalue weighted by atomic mass is 9.92. The highest BCUT2D eigenvalue weighted by Crippen LogP contribution is 2.34. The number of carbonyl (C=O) groups is 1. The third-order valence-electron chi connectivity index (χ3n) is 5.80. The van der Waals surface area contributed by atoms with Crippen LogP contribution in [0.2, 0.25) is 5.02 Å². The Bertz CT molecular complexity index is 1140. The van der Waals surface area contributed by atoms with Crippen LogP contribution in [0.1, 0.15) is 46.6 Å². The molecule has 4 atom stereocenters. The second-order valence-electron chi connectivity index (χ2n) is 8.25. The molecule has 0 bridgehead atoms. The van der Waals surface area contributed by atoms with Gasteiger partial charge in [-0.2, -0.15) is 0 Å². The lowest BCUT2D eigenvalue weighted by Gasteiger charge is -2.37. The lowest BCUT2D eigenvalue weighted by Crippen LogP contribution is -2.47. The molecule has 180 valence electrons. The zero-order chi connectivity index (χ0) is 24.2. The fraction of sp³-hybridized carbons (Fsp3) is 0.375. The molecule has 1 saturated heterocycles. The first kappa shape index (κ1) is 24.2. The SMILES string of the molecule is CCOc1ccc(Cc2cc([C@H]3C[C@@H](O)[C@H](O)[C@@H](Cn4cc(C(N)=O)nn4)O3)ccc2Cl)cc1. The maximum Gasteiger partial charge on any atom is 0.270 e. The Labute approximate surface area is 202 Å². The number of benzene rings is 2. The van der Waals surface area contributed by atoms with Gasteiger partial charge in [0.15, 0.2) is 5.69 Å². The molecule has 0 spiro atoms. The van der Waals surface area contributed by atoms with Crippen LogP contribution in [0.25, 0.3) is 0 Å². The van der Waals surface area contributed by atoms with Crippen LogP contribution >= 0.6 is 11.6 Å². The van der Waals surface area contributed by atoms with Crippen molar-refractivity contribution >= 4 is 17.5 Å². The summed E-state index contributed by atoms with van der Waals surface area (Å²) in [5.74, 6) is 0.117.